The zero-order chi connectivity index (χ0) is 9.26. The summed E-state index contributed by atoms with van der Waals surface area (Å²) >= 11 is 0. The molecule has 0 spiro atoms. The molecule has 1 aliphatic rings. The molecule has 2 nitrogen and oxygen atoms in total. The monoisotopic (exact) mass is 178 g/mol. The lowest BCUT2D eigenvalue weighted by atomic mass is 10.1. The summed E-state index contributed by atoms with van der Waals surface area (Å²) in [4.78, 5) is 0. The maximum Gasteiger partial charge on any atom is 0.125 e. The molecule has 1 aromatic carbocycles. The number of benzene rings is 1. The molecule has 0 radical (unpaired) electrons. The molecule has 1 heterocycles. The average Bonchev–Trinajstić information content (AvgIpc) is 2.87. The van der Waals surface area contributed by atoms with Crippen molar-refractivity contribution in [2.45, 2.75) is 20.0 Å². The van der Waals surface area contributed by atoms with Crippen molar-refractivity contribution in [1.82, 2.24) is 0 Å². The van der Waals surface area contributed by atoms with Gasteiger partial charge in [0.25, 0.3) is 0 Å². The highest BCUT2D eigenvalue weighted by Crippen LogP contribution is 2.23. The molecule has 0 N–H and O–H groups in total. The van der Waals surface area contributed by atoms with Gasteiger partial charge in [-0.2, -0.15) is 0 Å². The van der Waals surface area contributed by atoms with Crippen LogP contribution in [0.3, 0.4) is 0 Å². The van der Waals surface area contributed by atoms with Crippen molar-refractivity contribution in [1.29, 1.82) is 0 Å². The molecule has 1 saturated heterocycles. The molecule has 0 aliphatic carbocycles. The Balaban J connectivity index is 2.07. The van der Waals surface area contributed by atoms with E-state index in [0.29, 0.717) is 12.7 Å². The predicted octanol–water partition coefficient (Wildman–Crippen LogP) is 2.08. The first-order valence-electron chi connectivity index (χ1n) is 4.58. The minimum Gasteiger partial charge on any atom is -0.490 e. The lowest BCUT2D eigenvalue weighted by Crippen LogP contribution is -2.06. The van der Waals surface area contributed by atoms with Crippen LogP contribution in [0.5, 0.6) is 5.75 Å². The zero-order valence-corrected chi connectivity index (χ0v) is 8.04. The Bertz CT molecular complexity index is 283. The standard InChI is InChI=1S/C11H14O2/c1-8-4-3-5-9(2)11(8)13-7-10-6-12-10/h3-5,10H,6-7H2,1-2H3. The smallest absolute Gasteiger partial charge is 0.125 e. The molecule has 13 heavy (non-hydrogen) atoms. The predicted molar refractivity (Wildman–Crippen MR) is 51.2 cm³/mol. The van der Waals surface area contributed by atoms with Crippen LogP contribution in [0.2, 0.25) is 0 Å². The topological polar surface area (TPSA) is 21.8 Å². The number of hydrogen-bond donors (Lipinski definition) is 0. The van der Waals surface area contributed by atoms with Gasteiger partial charge in [0.15, 0.2) is 0 Å². The second-order valence-electron chi connectivity index (χ2n) is 3.49. The summed E-state index contributed by atoms with van der Waals surface area (Å²) in [5.41, 5.74) is 2.39. The van der Waals surface area contributed by atoms with Gasteiger partial charge >= 0.3 is 0 Å². The first-order valence-corrected chi connectivity index (χ1v) is 4.58. The van der Waals surface area contributed by atoms with E-state index in [9.17, 15) is 0 Å². The highest BCUT2D eigenvalue weighted by Gasteiger charge is 2.23. The summed E-state index contributed by atoms with van der Waals surface area (Å²) in [6.45, 7) is 5.67. The summed E-state index contributed by atoms with van der Waals surface area (Å²) < 4.78 is 10.8. The normalized spacial score (nSPS) is 20.0. The van der Waals surface area contributed by atoms with E-state index in [1.54, 1.807) is 0 Å². The molecule has 1 unspecified atom stereocenters. The van der Waals surface area contributed by atoms with Gasteiger partial charge in [0.1, 0.15) is 18.5 Å². The molecular formula is C11H14O2. The Morgan fingerprint density at radius 1 is 1.38 bits per heavy atom. The first kappa shape index (κ1) is 8.57. The third-order valence-electron chi connectivity index (χ3n) is 2.22. The van der Waals surface area contributed by atoms with Crippen molar-refractivity contribution in [2.24, 2.45) is 0 Å². The molecule has 0 bridgehead atoms. The zero-order valence-electron chi connectivity index (χ0n) is 8.04. The van der Waals surface area contributed by atoms with Crippen LogP contribution in [0, 0.1) is 13.8 Å². The quantitative estimate of drug-likeness (QED) is 0.661. The van der Waals surface area contributed by atoms with Crippen molar-refractivity contribution in [2.75, 3.05) is 13.2 Å². The molecular weight excluding hydrogens is 164 g/mol. The summed E-state index contributed by atoms with van der Waals surface area (Å²) in [5.74, 6) is 1.01. The van der Waals surface area contributed by atoms with Crippen LogP contribution in [0.25, 0.3) is 0 Å². The van der Waals surface area contributed by atoms with Gasteiger partial charge < -0.3 is 9.47 Å². The molecule has 1 aliphatic heterocycles. The van der Waals surface area contributed by atoms with Gasteiger partial charge in [-0.1, -0.05) is 18.2 Å². The minimum absolute atomic E-state index is 0.332. The van der Waals surface area contributed by atoms with Crippen LogP contribution in [0.1, 0.15) is 11.1 Å². The fraction of sp³-hybridized carbons (Fsp3) is 0.455. The number of ether oxygens (including phenoxy) is 2. The van der Waals surface area contributed by atoms with Crippen LogP contribution < -0.4 is 4.74 Å². The van der Waals surface area contributed by atoms with Crippen LogP contribution in [-0.2, 0) is 4.74 Å². The van der Waals surface area contributed by atoms with Crippen molar-refractivity contribution in [3.8, 4) is 5.75 Å². The molecule has 2 heteroatoms. The van der Waals surface area contributed by atoms with Crippen molar-refractivity contribution in [3.63, 3.8) is 0 Å². The van der Waals surface area contributed by atoms with E-state index in [1.807, 2.05) is 6.07 Å². The first-order chi connectivity index (χ1) is 6.27. The molecule has 70 valence electrons. The average molecular weight is 178 g/mol. The van der Waals surface area contributed by atoms with Gasteiger partial charge in [-0.05, 0) is 25.0 Å². The number of aryl methyl sites for hydroxylation is 2. The highest BCUT2D eigenvalue weighted by atomic mass is 16.6. The molecule has 1 aromatic rings. The van der Waals surface area contributed by atoms with Crippen molar-refractivity contribution < 1.29 is 9.47 Å². The Morgan fingerprint density at radius 3 is 2.54 bits per heavy atom. The Labute approximate surface area is 78.5 Å². The fourth-order valence-electron chi connectivity index (χ4n) is 1.37. The number of hydrogen-bond acceptors (Lipinski definition) is 2. The summed E-state index contributed by atoms with van der Waals surface area (Å²) in [5, 5.41) is 0. The van der Waals surface area contributed by atoms with E-state index in [2.05, 4.69) is 26.0 Å². The second-order valence-corrected chi connectivity index (χ2v) is 3.49. The molecule has 2 rings (SSSR count). The second kappa shape index (κ2) is 3.38. The fourth-order valence-corrected chi connectivity index (χ4v) is 1.37. The Morgan fingerprint density at radius 2 is 2.00 bits per heavy atom. The van der Waals surface area contributed by atoms with Gasteiger partial charge in [0, 0.05) is 0 Å². The molecule has 1 atom stereocenters. The summed E-state index contributed by atoms with van der Waals surface area (Å²) in [7, 11) is 0. The van der Waals surface area contributed by atoms with Crippen molar-refractivity contribution in [3.05, 3.63) is 29.3 Å². The maximum atomic E-state index is 5.67. The van der Waals surface area contributed by atoms with Crippen molar-refractivity contribution >= 4 is 0 Å². The Hall–Kier alpha value is -1.02. The largest absolute Gasteiger partial charge is 0.490 e. The molecule has 0 aromatic heterocycles. The molecule has 1 fully saturated rings. The van der Waals surface area contributed by atoms with Crippen LogP contribution >= 0.6 is 0 Å². The van der Waals surface area contributed by atoms with Crippen LogP contribution in [0.15, 0.2) is 18.2 Å². The minimum atomic E-state index is 0.332. The van der Waals surface area contributed by atoms with Gasteiger partial charge in [-0.25, -0.2) is 0 Å². The SMILES string of the molecule is Cc1cccc(C)c1OCC1CO1. The third kappa shape index (κ3) is 2.01. The number of rotatable bonds is 3. The third-order valence-corrected chi connectivity index (χ3v) is 2.22. The number of epoxide rings is 1. The molecule has 0 amide bonds. The van der Waals surface area contributed by atoms with Crippen LogP contribution in [0.4, 0.5) is 0 Å². The van der Waals surface area contributed by atoms with E-state index in [-0.39, 0.29) is 0 Å². The molecule has 0 saturated carbocycles. The number of para-hydroxylation sites is 1. The van der Waals surface area contributed by atoms with E-state index < -0.39 is 0 Å². The van der Waals surface area contributed by atoms with Gasteiger partial charge in [-0.3, -0.25) is 0 Å². The summed E-state index contributed by atoms with van der Waals surface area (Å²) in [6.07, 6.45) is 0.332. The van der Waals surface area contributed by atoms with E-state index in [4.69, 9.17) is 9.47 Å². The maximum absolute atomic E-state index is 5.67. The highest BCUT2D eigenvalue weighted by molar-refractivity contribution is 5.39. The van der Waals surface area contributed by atoms with E-state index in [0.717, 1.165) is 12.4 Å². The van der Waals surface area contributed by atoms with Gasteiger partial charge in [0.2, 0.25) is 0 Å². The summed E-state index contributed by atoms with van der Waals surface area (Å²) in [6, 6.07) is 6.18. The lowest BCUT2D eigenvalue weighted by Gasteiger charge is -2.10. The Kier molecular flexibility index (Phi) is 2.23. The van der Waals surface area contributed by atoms with Gasteiger partial charge in [0.05, 0.1) is 6.61 Å². The van der Waals surface area contributed by atoms with Crippen LogP contribution in [-0.4, -0.2) is 19.3 Å². The van der Waals surface area contributed by atoms with Gasteiger partial charge in [-0.15, -0.1) is 0 Å². The van der Waals surface area contributed by atoms with E-state index in [1.165, 1.54) is 11.1 Å². The van der Waals surface area contributed by atoms with E-state index >= 15 is 0 Å². The lowest BCUT2D eigenvalue weighted by molar-refractivity contribution is 0.260.